The molecular formula is C21H24NP. The maximum absolute atomic E-state index is 2.36. The minimum atomic E-state index is -0.477. The van der Waals surface area contributed by atoms with Crippen molar-refractivity contribution >= 4 is 18.5 Å². The fourth-order valence-corrected chi connectivity index (χ4v) is 5.71. The Balaban J connectivity index is 2.03. The molecule has 0 spiro atoms. The molecular weight excluding hydrogens is 297 g/mol. The number of nitrogens with zero attached hydrogens (tertiary/aromatic N) is 1. The van der Waals surface area contributed by atoms with Crippen molar-refractivity contribution < 1.29 is 0 Å². The van der Waals surface area contributed by atoms with Crippen LogP contribution in [0.5, 0.6) is 0 Å². The van der Waals surface area contributed by atoms with Crippen LogP contribution in [-0.4, -0.2) is 25.0 Å². The van der Waals surface area contributed by atoms with E-state index in [1.54, 1.807) is 5.31 Å². The van der Waals surface area contributed by atoms with Gasteiger partial charge >= 0.3 is 0 Å². The molecule has 3 rings (SSSR count). The SMILES string of the molecule is C[C@@H]([C@H]1C=CC=C1P(c1ccccc1)c1ccccc1)N(C)C. The molecule has 0 amide bonds. The predicted octanol–water partition coefficient (Wildman–Crippen LogP) is 4.14. The molecule has 118 valence electrons. The van der Waals surface area contributed by atoms with Crippen molar-refractivity contribution in [1.82, 2.24) is 4.90 Å². The van der Waals surface area contributed by atoms with Gasteiger partial charge in [-0.05, 0) is 44.9 Å². The monoisotopic (exact) mass is 321 g/mol. The lowest BCUT2D eigenvalue weighted by atomic mass is 10.0. The van der Waals surface area contributed by atoms with E-state index in [9.17, 15) is 0 Å². The van der Waals surface area contributed by atoms with Gasteiger partial charge in [-0.1, -0.05) is 78.9 Å². The van der Waals surface area contributed by atoms with Gasteiger partial charge in [0.05, 0.1) is 0 Å². The second-order valence-electron chi connectivity index (χ2n) is 6.21. The first-order chi connectivity index (χ1) is 11.2. The number of rotatable bonds is 5. The highest BCUT2D eigenvalue weighted by Crippen LogP contribution is 2.50. The summed E-state index contributed by atoms with van der Waals surface area (Å²) in [6, 6.07) is 22.4. The number of hydrogen-bond acceptors (Lipinski definition) is 1. The first-order valence-electron chi connectivity index (χ1n) is 8.13. The van der Waals surface area contributed by atoms with Crippen molar-refractivity contribution in [2.24, 2.45) is 5.92 Å². The molecule has 0 fully saturated rings. The highest BCUT2D eigenvalue weighted by atomic mass is 31.1. The van der Waals surface area contributed by atoms with Crippen molar-refractivity contribution in [2.45, 2.75) is 13.0 Å². The Morgan fingerprint density at radius 1 is 0.870 bits per heavy atom. The average Bonchev–Trinajstić information content (AvgIpc) is 3.05. The second kappa shape index (κ2) is 7.25. The van der Waals surface area contributed by atoms with Crippen molar-refractivity contribution in [3.8, 4) is 0 Å². The van der Waals surface area contributed by atoms with Gasteiger partial charge in [-0.2, -0.15) is 0 Å². The summed E-state index contributed by atoms with van der Waals surface area (Å²) < 4.78 is 0. The smallest absolute Gasteiger partial charge is 0.0185 e. The van der Waals surface area contributed by atoms with Crippen LogP contribution in [0.3, 0.4) is 0 Å². The van der Waals surface area contributed by atoms with E-state index in [0.29, 0.717) is 12.0 Å². The third kappa shape index (κ3) is 3.47. The number of hydrogen-bond donors (Lipinski definition) is 0. The third-order valence-electron chi connectivity index (χ3n) is 4.55. The first-order valence-corrected chi connectivity index (χ1v) is 9.47. The molecule has 1 aliphatic rings. The fourth-order valence-electron chi connectivity index (χ4n) is 3.04. The zero-order valence-corrected chi connectivity index (χ0v) is 14.9. The van der Waals surface area contributed by atoms with Crippen LogP contribution in [0, 0.1) is 5.92 Å². The zero-order valence-electron chi connectivity index (χ0n) is 14.1. The Hall–Kier alpha value is -1.69. The van der Waals surface area contributed by atoms with E-state index >= 15 is 0 Å². The normalized spacial score (nSPS) is 18.5. The second-order valence-corrected chi connectivity index (χ2v) is 8.43. The Bertz CT molecular complexity index is 649. The largest absolute Gasteiger partial charge is 0.306 e. The summed E-state index contributed by atoms with van der Waals surface area (Å²) in [4.78, 5) is 2.32. The summed E-state index contributed by atoms with van der Waals surface area (Å²) in [5.74, 6) is 0.483. The Labute approximate surface area is 141 Å². The van der Waals surface area contributed by atoms with Gasteiger partial charge in [0.15, 0.2) is 0 Å². The molecule has 2 aromatic carbocycles. The third-order valence-corrected chi connectivity index (χ3v) is 7.14. The topological polar surface area (TPSA) is 3.24 Å². The van der Waals surface area contributed by atoms with Crippen LogP contribution in [0.25, 0.3) is 0 Å². The minimum Gasteiger partial charge on any atom is -0.306 e. The first kappa shape index (κ1) is 16.2. The van der Waals surface area contributed by atoms with Gasteiger partial charge in [0, 0.05) is 12.0 Å². The maximum Gasteiger partial charge on any atom is 0.0185 e. The molecule has 0 unspecified atom stereocenters. The van der Waals surface area contributed by atoms with Crippen LogP contribution in [0.15, 0.2) is 84.2 Å². The lowest BCUT2D eigenvalue weighted by Gasteiger charge is -2.32. The molecule has 1 nitrogen and oxygen atoms in total. The van der Waals surface area contributed by atoms with Gasteiger partial charge < -0.3 is 4.90 Å². The summed E-state index contributed by atoms with van der Waals surface area (Å²) in [7, 11) is 3.86. The van der Waals surface area contributed by atoms with Gasteiger partial charge in [-0.25, -0.2) is 0 Å². The van der Waals surface area contributed by atoms with E-state index in [1.807, 2.05) is 0 Å². The van der Waals surface area contributed by atoms with Crippen LogP contribution >= 0.6 is 7.92 Å². The molecule has 0 aliphatic heterocycles. The molecule has 0 saturated heterocycles. The Kier molecular flexibility index (Phi) is 5.10. The summed E-state index contributed by atoms with van der Waals surface area (Å²) >= 11 is 0. The van der Waals surface area contributed by atoms with E-state index in [4.69, 9.17) is 0 Å². The molecule has 0 saturated carbocycles. The van der Waals surface area contributed by atoms with Crippen molar-refractivity contribution in [1.29, 1.82) is 0 Å². The van der Waals surface area contributed by atoms with Crippen LogP contribution in [0.2, 0.25) is 0 Å². The Morgan fingerprint density at radius 3 is 1.87 bits per heavy atom. The zero-order chi connectivity index (χ0) is 16.2. The van der Waals surface area contributed by atoms with Gasteiger partial charge in [0.25, 0.3) is 0 Å². The maximum atomic E-state index is 2.36. The summed E-state index contributed by atoms with van der Waals surface area (Å²) in [5.41, 5.74) is 0. The highest BCUT2D eigenvalue weighted by Gasteiger charge is 2.30. The fraction of sp³-hybridized carbons (Fsp3) is 0.238. The molecule has 2 aromatic rings. The average molecular weight is 321 g/mol. The molecule has 2 atom stereocenters. The van der Waals surface area contributed by atoms with Crippen LogP contribution in [-0.2, 0) is 0 Å². The van der Waals surface area contributed by atoms with Crippen LogP contribution in [0.4, 0.5) is 0 Å². The van der Waals surface area contributed by atoms with Gasteiger partial charge in [-0.15, -0.1) is 0 Å². The van der Waals surface area contributed by atoms with E-state index in [2.05, 4.69) is 105 Å². The summed E-state index contributed by atoms with van der Waals surface area (Å²) in [6.07, 6.45) is 6.94. The molecule has 0 N–H and O–H groups in total. The molecule has 23 heavy (non-hydrogen) atoms. The quantitative estimate of drug-likeness (QED) is 0.748. The van der Waals surface area contributed by atoms with E-state index < -0.39 is 7.92 Å². The van der Waals surface area contributed by atoms with Gasteiger partial charge in [-0.3, -0.25) is 0 Å². The molecule has 1 aliphatic carbocycles. The lowest BCUT2D eigenvalue weighted by Crippen LogP contribution is -2.32. The minimum absolute atomic E-state index is 0.477. The lowest BCUT2D eigenvalue weighted by molar-refractivity contribution is 0.281. The Morgan fingerprint density at radius 2 is 1.39 bits per heavy atom. The highest BCUT2D eigenvalue weighted by molar-refractivity contribution is 7.76. The van der Waals surface area contributed by atoms with Gasteiger partial charge in [0.1, 0.15) is 0 Å². The molecule has 0 aromatic heterocycles. The van der Waals surface area contributed by atoms with E-state index in [0.717, 1.165) is 0 Å². The van der Waals surface area contributed by atoms with Crippen molar-refractivity contribution in [3.05, 3.63) is 84.2 Å². The molecule has 0 heterocycles. The number of benzene rings is 2. The molecule has 2 heteroatoms. The van der Waals surface area contributed by atoms with Crippen molar-refractivity contribution in [3.63, 3.8) is 0 Å². The van der Waals surface area contributed by atoms with Gasteiger partial charge in [0.2, 0.25) is 0 Å². The number of allylic oxidation sites excluding steroid dienone is 2. The summed E-state index contributed by atoms with van der Waals surface area (Å²) in [6.45, 7) is 2.32. The standard InChI is InChI=1S/C21H24NP/c1-17(22(2)3)20-15-10-16-21(20)23(18-11-6-4-7-12-18)19-13-8-5-9-14-19/h4-17,20H,1-3H3/t17-,20+/m0/s1. The summed E-state index contributed by atoms with van der Waals surface area (Å²) in [5, 5.41) is 4.41. The van der Waals surface area contributed by atoms with E-state index in [1.165, 1.54) is 10.6 Å². The molecule has 0 radical (unpaired) electrons. The van der Waals surface area contributed by atoms with E-state index in [-0.39, 0.29) is 0 Å². The van der Waals surface area contributed by atoms with Crippen molar-refractivity contribution in [2.75, 3.05) is 14.1 Å². The van der Waals surface area contributed by atoms with Crippen LogP contribution < -0.4 is 10.6 Å². The molecule has 0 bridgehead atoms. The predicted molar refractivity (Wildman–Crippen MR) is 103 cm³/mol. The van der Waals surface area contributed by atoms with Crippen LogP contribution in [0.1, 0.15) is 6.92 Å².